The van der Waals surface area contributed by atoms with Crippen LogP contribution in [0, 0.1) is 5.92 Å². The summed E-state index contributed by atoms with van der Waals surface area (Å²) in [5, 5.41) is 24.5. The number of nitrogens with two attached hydrogens (primary N) is 1. The van der Waals surface area contributed by atoms with Gasteiger partial charge in [-0.15, -0.1) is 5.10 Å². The van der Waals surface area contributed by atoms with Crippen LogP contribution in [0.15, 0.2) is 35.4 Å². The molecule has 57 heavy (non-hydrogen) atoms. The number of hydrogen-bond acceptors (Lipinski definition) is 12. The number of sulfonamides is 1. The quantitative estimate of drug-likeness (QED) is 0.188. The zero-order valence-corrected chi connectivity index (χ0v) is 34.1. The van der Waals surface area contributed by atoms with E-state index in [0.29, 0.717) is 5.69 Å². The molecule has 1 aromatic carbocycles. The second-order valence-corrected chi connectivity index (χ2v) is 20.8. The number of aromatic nitrogens is 3. The van der Waals surface area contributed by atoms with Crippen molar-refractivity contribution in [2.45, 2.75) is 125 Å². The monoisotopic (exact) mass is 832 g/mol. The Morgan fingerprint density at radius 2 is 1.67 bits per heavy atom. The fourth-order valence-corrected chi connectivity index (χ4v) is 11.2. The van der Waals surface area contributed by atoms with E-state index in [0.717, 1.165) is 44.9 Å². The molecule has 20 heteroatoms. The number of sulfone groups is 1. The second kappa shape index (κ2) is 16.2. The number of likely N-dealkylation sites (tertiary alicyclic amines) is 1. The number of ketones is 1. The van der Waals surface area contributed by atoms with Gasteiger partial charge in [0.2, 0.25) is 27.6 Å². The fourth-order valence-electron chi connectivity index (χ4n) is 8.28. The highest BCUT2D eigenvalue weighted by Gasteiger charge is 2.51. The number of rotatable bonds is 14. The van der Waals surface area contributed by atoms with Gasteiger partial charge in [-0.1, -0.05) is 37.3 Å². The van der Waals surface area contributed by atoms with E-state index in [-0.39, 0.29) is 41.8 Å². The molecule has 312 valence electrons. The lowest BCUT2D eigenvalue weighted by Crippen LogP contribution is -2.64. The summed E-state index contributed by atoms with van der Waals surface area (Å²) in [4.78, 5) is 69.8. The van der Waals surface area contributed by atoms with E-state index in [1.165, 1.54) is 65.2 Å². The van der Waals surface area contributed by atoms with Crippen molar-refractivity contribution in [1.82, 2.24) is 34.8 Å². The molecule has 2 saturated heterocycles. The molecule has 3 heterocycles. The third-order valence-electron chi connectivity index (χ3n) is 11.9. The topological polar surface area (TPSA) is 261 Å². The van der Waals surface area contributed by atoms with E-state index >= 15 is 0 Å². The summed E-state index contributed by atoms with van der Waals surface area (Å²) in [5.41, 5.74) is 2.47. The SMILES string of the molecule is CN(C1CC1)S(=O)(=O)c1ccc(C(=O)NC(CC2CCCCC2)C(=O)N2C[C@@H](n3nncc3C(C)(C)O)C[C@H]2C(=O)NC2(C(=O)C(N)=O)CCS(=O)(=O)CC2)cc1. The number of nitrogens with one attached hydrogen (secondary N) is 2. The van der Waals surface area contributed by atoms with Gasteiger partial charge in [-0.2, -0.15) is 4.31 Å². The van der Waals surface area contributed by atoms with Gasteiger partial charge in [0.15, 0.2) is 9.84 Å². The Kier molecular flexibility index (Phi) is 12.0. The van der Waals surface area contributed by atoms with Crippen LogP contribution < -0.4 is 16.4 Å². The summed E-state index contributed by atoms with van der Waals surface area (Å²) in [6.45, 7) is 2.94. The van der Waals surface area contributed by atoms with E-state index in [4.69, 9.17) is 5.73 Å². The zero-order chi connectivity index (χ0) is 41.5. The number of hydrogen-bond donors (Lipinski definition) is 4. The average molecular weight is 833 g/mol. The molecule has 2 aliphatic carbocycles. The first kappa shape index (κ1) is 42.3. The molecular weight excluding hydrogens is 781 g/mol. The lowest BCUT2D eigenvalue weighted by molar-refractivity contribution is -0.145. The Bertz CT molecular complexity index is 2090. The zero-order valence-electron chi connectivity index (χ0n) is 32.4. The molecule has 5 N–H and O–H groups in total. The van der Waals surface area contributed by atoms with Crippen molar-refractivity contribution < 1.29 is 45.9 Å². The number of amides is 4. The van der Waals surface area contributed by atoms with Gasteiger partial charge in [-0.05, 0) is 76.1 Å². The maximum Gasteiger partial charge on any atom is 0.287 e. The van der Waals surface area contributed by atoms with Crippen LogP contribution in [-0.4, -0.2) is 124 Å². The van der Waals surface area contributed by atoms with Crippen LogP contribution in [0.2, 0.25) is 0 Å². The summed E-state index contributed by atoms with van der Waals surface area (Å²) in [5.74, 6) is -5.45. The predicted octanol–water partition coefficient (Wildman–Crippen LogP) is 0.317. The van der Waals surface area contributed by atoms with Gasteiger partial charge in [0, 0.05) is 31.6 Å². The summed E-state index contributed by atoms with van der Waals surface area (Å²) in [6, 6.07) is 2.28. The second-order valence-electron chi connectivity index (χ2n) is 16.5. The number of nitrogens with zero attached hydrogens (tertiary/aromatic N) is 5. The van der Waals surface area contributed by atoms with Crippen LogP contribution in [0.1, 0.15) is 107 Å². The van der Waals surface area contributed by atoms with Gasteiger partial charge in [0.1, 0.15) is 23.2 Å². The maximum atomic E-state index is 14.9. The average Bonchev–Trinajstić information content (AvgIpc) is 3.70. The molecule has 2 aromatic rings. The largest absolute Gasteiger partial charge is 0.384 e. The van der Waals surface area contributed by atoms with E-state index in [1.807, 2.05) is 0 Å². The third-order valence-corrected chi connectivity index (χ3v) is 15.4. The summed E-state index contributed by atoms with van der Waals surface area (Å²) >= 11 is 0. The predicted molar refractivity (Wildman–Crippen MR) is 204 cm³/mol. The number of primary amides is 1. The number of benzene rings is 1. The molecule has 4 fully saturated rings. The van der Waals surface area contributed by atoms with Gasteiger partial charge in [0.25, 0.3) is 11.8 Å². The highest BCUT2D eigenvalue weighted by atomic mass is 32.2. The molecule has 18 nitrogen and oxygen atoms in total. The van der Waals surface area contributed by atoms with Crippen molar-refractivity contribution in [2.75, 3.05) is 25.1 Å². The molecule has 6 rings (SSSR count). The minimum absolute atomic E-state index is 0.0296. The van der Waals surface area contributed by atoms with Crippen molar-refractivity contribution in [2.24, 2.45) is 11.7 Å². The van der Waals surface area contributed by atoms with E-state index in [1.54, 1.807) is 0 Å². The number of carbonyl (C=O) groups is 5. The summed E-state index contributed by atoms with van der Waals surface area (Å²) in [7, 11) is -5.80. The standard InChI is InChI=1S/C37H52N8O10S2/c1-36(2,51)30-21-39-42-45(30)26-20-29(34(49)41-37(31(46)32(38)47)15-17-56(52,53)18-16-37)44(22-26)35(50)28(19-23-7-5-4-6-8-23)40-33(48)24-9-13-27(14-10-24)57(54,55)43(3)25-11-12-25/h9-10,13-14,21,23,25-26,28-29,51H,4-8,11-12,15-20,22H2,1-3H3,(H2,38,47)(H,40,48)(H,41,49)/t26-,28?,29-/m0/s1. The smallest absolute Gasteiger partial charge is 0.287 e. The highest BCUT2D eigenvalue weighted by Crippen LogP contribution is 2.35. The number of aliphatic hydroxyl groups is 1. The summed E-state index contributed by atoms with van der Waals surface area (Å²) < 4.78 is 53.7. The Hall–Kier alpha value is -4.27. The molecule has 2 saturated carbocycles. The molecule has 1 unspecified atom stereocenters. The van der Waals surface area contributed by atoms with Gasteiger partial charge in [0.05, 0.1) is 34.3 Å². The molecule has 4 amide bonds. The lowest BCUT2D eigenvalue weighted by Gasteiger charge is -2.37. The van der Waals surface area contributed by atoms with Crippen molar-refractivity contribution in [3.8, 4) is 0 Å². The molecule has 4 aliphatic rings. The normalized spacial score (nSPS) is 23.1. The van der Waals surface area contributed by atoms with Crippen LogP contribution in [0.25, 0.3) is 0 Å². The molecule has 2 aliphatic heterocycles. The highest BCUT2D eigenvalue weighted by molar-refractivity contribution is 7.91. The molecule has 3 atom stereocenters. The lowest BCUT2D eigenvalue weighted by atomic mass is 9.84. The Morgan fingerprint density at radius 3 is 2.25 bits per heavy atom. The molecular formula is C37H52N8O10S2. The van der Waals surface area contributed by atoms with Crippen LogP contribution in [-0.2, 0) is 44.6 Å². The first-order valence-corrected chi connectivity index (χ1v) is 22.7. The van der Waals surface area contributed by atoms with Crippen molar-refractivity contribution in [1.29, 1.82) is 0 Å². The van der Waals surface area contributed by atoms with E-state index in [9.17, 15) is 45.9 Å². The van der Waals surface area contributed by atoms with Crippen molar-refractivity contribution in [3.05, 3.63) is 41.7 Å². The fraction of sp³-hybridized carbons (Fsp3) is 0.649. The Labute approximate surface area is 332 Å². The third kappa shape index (κ3) is 9.23. The van der Waals surface area contributed by atoms with Crippen LogP contribution in [0.5, 0.6) is 0 Å². The van der Waals surface area contributed by atoms with Crippen LogP contribution in [0.4, 0.5) is 0 Å². The minimum Gasteiger partial charge on any atom is -0.384 e. The Balaban J connectivity index is 1.31. The van der Waals surface area contributed by atoms with E-state index in [2.05, 4.69) is 20.9 Å². The Morgan fingerprint density at radius 1 is 1.04 bits per heavy atom. The van der Waals surface area contributed by atoms with Gasteiger partial charge in [-0.3, -0.25) is 24.0 Å². The maximum absolute atomic E-state index is 14.9. The van der Waals surface area contributed by atoms with Gasteiger partial charge in [-0.25, -0.2) is 21.5 Å². The van der Waals surface area contributed by atoms with Gasteiger partial charge >= 0.3 is 0 Å². The molecule has 0 bridgehead atoms. The van der Waals surface area contributed by atoms with E-state index < -0.39 is 103 Å². The number of Topliss-reactive ketones (excluding diaryl/α,β-unsaturated/α-hetero) is 1. The first-order chi connectivity index (χ1) is 26.7. The van der Waals surface area contributed by atoms with Crippen molar-refractivity contribution >= 4 is 49.3 Å². The molecule has 0 spiro atoms. The molecule has 1 aromatic heterocycles. The van der Waals surface area contributed by atoms with Crippen LogP contribution in [0.3, 0.4) is 0 Å². The van der Waals surface area contributed by atoms with Gasteiger partial charge < -0.3 is 26.4 Å². The van der Waals surface area contributed by atoms with Crippen LogP contribution >= 0.6 is 0 Å². The van der Waals surface area contributed by atoms with Crippen molar-refractivity contribution in [3.63, 3.8) is 0 Å². The molecule has 0 radical (unpaired) electrons. The summed E-state index contributed by atoms with van der Waals surface area (Å²) in [6.07, 6.45) is 6.89. The minimum atomic E-state index is -3.77. The first-order valence-electron chi connectivity index (χ1n) is 19.4. The number of carbonyl (C=O) groups excluding carboxylic acids is 5.